The van der Waals surface area contributed by atoms with Crippen molar-refractivity contribution in [2.24, 2.45) is 0 Å². The summed E-state index contributed by atoms with van der Waals surface area (Å²) < 4.78 is 69.2. The fraction of sp³-hybridized carbons (Fsp3) is 0.355. The Kier molecular flexibility index (Phi) is 9.60. The number of rotatable bonds is 10. The molecule has 7 nitrogen and oxygen atoms in total. The normalized spacial score (nSPS) is 14.8. The second kappa shape index (κ2) is 13.0. The summed E-state index contributed by atoms with van der Waals surface area (Å²) in [6, 6.07) is 17.6. The summed E-state index contributed by atoms with van der Waals surface area (Å²) in [5.74, 6) is -1.11. The number of anilines is 1. The monoisotopic (exact) mass is 601 g/mol. The van der Waals surface area contributed by atoms with E-state index in [9.17, 15) is 31.2 Å². The predicted molar refractivity (Wildman–Crippen MR) is 154 cm³/mol. The van der Waals surface area contributed by atoms with Crippen LogP contribution in [-0.4, -0.2) is 43.8 Å². The van der Waals surface area contributed by atoms with Crippen LogP contribution in [-0.2, 0) is 32.3 Å². The maximum atomic E-state index is 13.9. The first-order chi connectivity index (χ1) is 19.9. The summed E-state index contributed by atoms with van der Waals surface area (Å²) in [5, 5.41) is 2.98. The van der Waals surface area contributed by atoms with E-state index in [4.69, 9.17) is 0 Å². The molecule has 42 heavy (non-hydrogen) atoms. The summed E-state index contributed by atoms with van der Waals surface area (Å²) >= 11 is 0. The minimum Gasteiger partial charge on any atom is -0.352 e. The van der Waals surface area contributed by atoms with Gasteiger partial charge in [0.1, 0.15) is 12.6 Å². The summed E-state index contributed by atoms with van der Waals surface area (Å²) in [4.78, 5) is 28.3. The molecule has 0 spiro atoms. The van der Waals surface area contributed by atoms with Crippen molar-refractivity contribution in [2.45, 2.75) is 69.2 Å². The lowest BCUT2D eigenvalue weighted by Gasteiger charge is -2.32. The number of hydrogen-bond donors (Lipinski definition) is 1. The molecule has 1 atom stereocenters. The third kappa shape index (κ3) is 7.50. The number of amides is 2. The zero-order chi connectivity index (χ0) is 30.5. The van der Waals surface area contributed by atoms with E-state index in [2.05, 4.69) is 5.32 Å². The molecule has 1 N–H and O–H groups in total. The molecular formula is C31H34F3N3O4S. The molecule has 4 rings (SSSR count). The average molecular weight is 602 g/mol. The average Bonchev–Trinajstić information content (AvgIpc) is 3.47. The van der Waals surface area contributed by atoms with E-state index in [1.54, 1.807) is 56.3 Å². The molecule has 1 fully saturated rings. The van der Waals surface area contributed by atoms with Gasteiger partial charge in [-0.05, 0) is 62.6 Å². The molecule has 224 valence electrons. The Labute approximate surface area is 244 Å². The molecule has 0 aromatic heterocycles. The van der Waals surface area contributed by atoms with Gasteiger partial charge in [0, 0.05) is 12.6 Å². The minimum atomic E-state index is -4.73. The van der Waals surface area contributed by atoms with Gasteiger partial charge in [-0.25, -0.2) is 8.42 Å². The molecule has 0 unspecified atom stereocenters. The number of benzene rings is 3. The number of hydrogen-bond acceptors (Lipinski definition) is 4. The van der Waals surface area contributed by atoms with Gasteiger partial charge in [-0.1, -0.05) is 66.9 Å². The first-order valence-electron chi connectivity index (χ1n) is 13.8. The number of nitrogens with one attached hydrogen (secondary N) is 1. The number of sulfonamides is 1. The van der Waals surface area contributed by atoms with Crippen molar-refractivity contribution in [3.05, 3.63) is 95.6 Å². The van der Waals surface area contributed by atoms with Gasteiger partial charge >= 0.3 is 6.18 Å². The Morgan fingerprint density at radius 2 is 1.60 bits per heavy atom. The van der Waals surface area contributed by atoms with Crippen LogP contribution in [0.3, 0.4) is 0 Å². The van der Waals surface area contributed by atoms with Crippen LogP contribution in [0.1, 0.15) is 49.3 Å². The Morgan fingerprint density at radius 1 is 0.952 bits per heavy atom. The van der Waals surface area contributed by atoms with E-state index in [0.717, 1.165) is 43.4 Å². The Morgan fingerprint density at radius 3 is 2.21 bits per heavy atom. The van der Waals surface area contributed by atoms with Crippen LogP contribution in [0.15, 0.2) is 83.8 Å². The number of halogens is 3. The molecule has 0 bridgehead atoms. The highest BCUT2D eigenvalue weighted by atomic mass is 32.2. The second-order valence-corrected chi connectivity index (χ2v) is 12.4. The lowest BCUT2D eigenvalue weighted by atomic mass is 10.1. The van der Waals surface area contributed by atoms with Crippen molar-refractivity contribution in [3.63, 3.8) is 0 Å². The van der Waals surface area contributed by atoms with Gasteiger partial charge in [-0.2, -0.15) is 13.2 Å². The summed E-state index contributed by atoms with van der Waals surface area (Å²) in [7, 11) is -4.48. The van der Waals surface area contributed by atoms with Crippen molar-refractivity contribution in [1.82, 2.24) is 10.2 Å². The fourth-order valence-corrected chi connectivity index (χ4v) is 6.36. The van der Waals surface area contributed by atoms with Crippen LogP contribution in [0.4, 0.5) is 18.9 Å². The predicted octanol–water partition coefficient (Wildman–Crippen LogP) is 5.69. The molecule has 0 aliphatic heterocycles. The van der Waals surface area contributed by atoms with Gasteiger partial charge in [0.05, 0.1) is 16.1 Å². The third-order valence-corrected chi connectivity index (χ3v) is 9.20. The maximum Gasteiger partial charge on any atom is 0.416 e. The number of aryl methyl sites for hydroxylation is 1. The zero-order valence-electron chi connectivity index (χ0n) is 23.5. The van der Waals surface area contributed by atoms with Crippen LogP contribution >= 0.6 is 0 Å². The molecule has 0 saturated heterocycles. The van der Waals surface area contributed by atoms with Crippen molar-refractivity contribution in [1.29, 1.82) is 0 Å². The lowest BCUT2D eigenvalue weighted by molar-refractivity contribution is -0.139. The van der Waals surface area contributed by atoms with E-state index >= 15 is 0 Å². The van der Waals surface area contributed by atoms with Crippen molar-refractivity contribution in [2.75, 3.05) is 10.8 Å². The quantitative estimate of drug-likeness (QED) is 0.324. The van der Waals surface area contributed by atoms with Crippen molar-refractivity contribution < 1.29 is 31.2 Å². The largest absolute Gasteiger partial charge is 0.416 e. The van der Waals surface area contributed by atoms with E-state index in [-0.39, 0.29) is 29.1 Å². The minimum absolute atomic E-state index is 0.0000627. The number of carbonyl (C=O) groups excluding carboxylic acids is 2. The van der Waals surface area contributed by atoms with Gasteiger partial charge in [-0.3, -0.25) is 13.9 Å². The van der Waals surface area contributed by atoms with Crippen LogP contribution in [0.2, 0.25) is 0 Å². The van der Waals surface area contributed by atoms with Gasteiger partial charge in [-0.15, -0.1) is 0 Å². The molecule has 3 aromatic carbocycles. The van der Waals surface area contributed by atoms with Gasteiger partial charge in [0.2, 0.25) is 11.8 Å². The molecule has 1 saturated carbocycles. The standard InChI is InChI=1S/C31H34F3N3O4S/c1-22-15-17-28(18-16-22)42(40,41)37(27-14-8-11-25(19-27)31(32,33)34)21-29(38)36(20-24-9-4-3-5-10-24)23(2)30(39)35-26-12-6-7-13-26/h3-5,8-11,14-19,23,26H,6-7,12-13,20-21H2,1-2H3,(H,35,39)/t23-/m0/s1. The van der Waals surface area contributed by atoms with Gasteiger partial charge in [0.15, 0.2) is 0 Å². The Bertz CT molecular complexity index is 1490. The van der Waals surface area contributed by atoms with Crippen LogP contribution < -0.4 is 9.62 Å². The van der Waals surface area contributed by atoms with E-state index in [1.165, 1.54) is 23.1 Å². The lowest BCUT2D eigenvalue weighted by Crippen LogP contribution is -2.52. The third-order valence-electron chi connectivity index (χ3n) is 7.41. The smallest absolute Gasteiger partial charge is 0.352 e. The highest BCUT2D eigenvalue weighted by Crippen LogP contribution is 2.33. The molecule has 0 radical (unpaired) electrons. The summed E-state index contributed by atoms with van der Waals surface area (Å²) in [6.07, 6.45) is -1.07. The molecule has 1 aliphatic rings. The first kappa shape index (κ1) is 31.1. The maximum absolute atomic E-state index is 13.9. The van der Waals surface area contributed by atoms with Crippen LogP contribution in [0.5, 0.6) is 0 Å². The van der Waals surface area contributed by atoms with Crippen molar-refractivity contribution >= 4 is 27.5 Å². The van der Waals surface area contributed by atoms with Gasteiger partial charge < -0.3 is 10.2 Å². The molecular weight excluding hydrogens is 567 g/mol. The van der Waals surface area contributed by atoms with Crippen LogP contribution in [0, 0.1) is 6.92 Å². The fourth-order valence-electron chi connectivity index (χ4n) is 4.96. The van der Waals surface area contributed by atoms with Crippen LogP contribution in [0.25, 0.3) is 0 Å². The Hall–Kier alpha value is -3.86. The Balaban J connectivity index is 1.72. The number of alkyl halides is 3. The highest BCUT2D eigenvalue weighted by Gasteiger charge is 2.35. The first-order valence-corrected chi connectivity index (χ1v) is 15.2. The van der Waals surface area contributed by atoms with Crippen molar-refractivity contribution in [3.8, 4) is 0 Å². The topological polar surface area (TPSA) is 86.8 Å². The van der Waals surface area contributed by atoms with Gasteiger partial charge in [0.25, 0.3) is 10.0 Å². The summed E-state index contributed by atoms with van der Waals surface area (Å²) in [6.45, 7) is 2.52. The zero-order valence-corrected chi connectivity index (χ0v) is 24.3. The van der Waals surface area contributed by atoms with E-state index in [1.807, 2.05) is 0 Å². The highest BCUT2D eigenvalue weighted by molar-refractivity contribution is 7.92. The SMILES string of the molecule is Cc1ccc(S(=O)(=O)N(CC(=O)N(Cc2ccccc2)[C@@H](C)C(=O)NC2CCCC2)c2cccc(C(F)(F)F)c2)cc1. The molecule has 0 heterocycles. The van der Waals surface area contributed by atoms with E-state index in [0.29, 0.717) is 15.9 Å². The second-order valence-electron chi connectivity index (χ2n) is 10.5. The molecule has 3 aromatic rings. The summed E-state index contributed by atoms with van der Waals surface area (Å²) in [5.41, 5.74) is 0.119. The number of nitrogens with zero attached hydrogens (tertiary/aromatic N) is 2. The molecule has 1 aliphatic carbocycles. The molecule has 11 heteroatoms. The molecule has 2 amide bonds. The number of carbonyl (C=O) groups is 2. The van der Waals surface area contributed by atoms with E-state index < -0.39 is 40.3 Å².